The number of rotatable bonds is 2. The molecule has 0 aliphatic carbocycles. The van der Waals surface area contributed by atoms with Gasteiger partial charge in [0.25, 0.3) is 0 Å². The summed E-state index contributed by atoms with van der Waals surface area (Å²) in [5.74, 6) is 0. The molecule has 2 heteroatoms. The molecular weight excluding hydrogens is 184 g/mol. The van der Waals surface area contributed by atoms with Crippen molar-refractivity contribution < 1.29 is 0 Å². The first-order valence-corrected chi connectivity index (χ1v) is 6.08. The van der Waals surface area contributed by atoms with Crippen LogP contribution in [0, 0.1) is 0 Å². The number of nitrogens with zero attached hydrogens (tertiary/aromatic N) is 2. The summed E-state index contributed by atoms with van der Waals surface area (Å²) in [7, 11) is 0. The van der Waals surface area contributed by atoms with Crippen LogP contribution in [0.4, 0.5) is 0 Å². The minimum absolute atomic E-state index is 0.618. The Morgan fingerprint density at radius 2 is 2.13 bits per heavy atom. The van der Waals surface area contributed by atoms with E-state index in [0.717, 1.165) is 6.54 Å². The molecule has 2 nitrogen and oxygen atoms in total. The molecule has 0 aromatic rings. The maximum atomic E-state index is 2.54. The van der Waals surface area contributed by atoms with E-state index in [0.29, 0.717) is 6.04 Å². The Balaban J connectivity index is 2.07. The monoisotopic (exact) mass is 206 g/mol. The molecule has 0 radical (unpaired) electrons. The van der Waals surface area contributed by atoms with Crippen LogP contribution < -0.4 is 0 Å². The largest absolute Gasteiger partial charge is 0.371 e. The number of hydrogen-bond acceptors (Lipinski definition) is 2. The second-order valence-electron chi connectivity index (χ2n) is 4.83. The van der Waals surface area contributed by atoms with E-state index in [4.69, 9.17) is 0 Å². The van der Waals surface area contributed by atoms with E-state index in [9.17, 15) is 0 Å². The third-order valence-electron chi connectivity index (χ3n) is 3.52. The molecule has 0 N–H and O–H groups in total. The SMILES string of the molecule is CCN1CCC2=C(C1)CN(C(C)C)C=C2. The minimum Gasteiger partial charge on any atom is -0.371 e. The van der Waals surface area contributed by atoms with Crippen molar-refractivity contribution in [2.45, 2.75) is 33.2 Å². The van der Waals surface area contributed by atoms with Gasteiger partial charge >= 0.3 is 0 Å². The van der Waals surface area contributed by atoms with Crippen molar-refractivity contribution in [3.05, 3.63) is 23.4 Å². The average Bonchev–Trinajstić information content (AvgIpc) is 2.27. The van der Waals surface area contributed by atoms with Crippen LogP contribution in [-0.4, -0.2) is 42.0 Å². The van der Waals surface area contributed by atoms with E-state index in [1.165, 1.54) is 26.1 Å². The van der Waals surface area contributed by atoms with Crippen LogP contribution in [0.3, 0.4) is 0 Å². The zero-order chi connectivity index (χ0) is 10.8. The Morgan fingerprint density at radius 3 is 2.80 bits per heavy atom. The fourth-order valence-corrected chi connectivity index (χ4v) is 2.34. The predicted molar refractivity (Wildman–Crippen MR) is 64.7 cm³/mol. The summed E-state index contributed by atoms with van der Waals surface area (Å²) in [5.41, 5.74) is 3.23. The zero-order valence-corrected chi connectivity index (χ0v) is 10.2. The summed E-state index contributed by atoms with van der Waals surface area (Å²) >= 11 is 0. The van der Waals surface area contributed by atoms with E-state index in [1.807, 2.05) is 0 Å². The normalized spacial score (nSPS) is 22.5. The van der Waals surface area contributed by atoms with Gasteiger partial charge in [-0.05, 0) is 50.2 Å². The highest BCUT2D eigenvalue weighted by molar-refractivity contribution is 5.33. The number of allylic oxidation sites excluding steroid dienone is 1. The van der Waals surface area contributed by atoms with E-state index < -0.39 is 0 Å². The predicted octanol–water partition coefficient (Wildman–Crippen LogP) is 2.25. The minimum atomic E-state index is 0.618. The molecule has 2 aliphatic rings. The quantitative estimate of drug-likeness (QED) is 0.683. The molecule has 2 aliphatic heterocycles. The van der Waals surface area contributed by atoms with Crippen LogP contribution in [0.25, 0.3) is 0 Å². The van der Waals surface area contributed by atoms with Crippen LogP contribution in [0.5, 0.6) is 0 Å². The molecule has 0 aromatic carbocycles. The van der Waals surface area contributed by atoms with Crippen molar-refractivity contribution in [1.82, 2.24) is 9.80 Å². The molecular formula is C13H22N2. The molecule has 0 unspecified atom stereocenters. The Kier molecular flexibility index (Phi) is 3.15. The average molecular weight is 206 g/mol. The summed E-state index contributed by atoms with van der Waals surface area (Å²) in [6.07, 6.45) is 5.84. The van der Waals surface area contributed by atoms with Gasteiger partial charge in [-0.15, -0.1) is 0 Å². The topological polar surface area (TPSA) is 6.48 Å². The van der Waals surface area contributed by atoms with Crippen molar-refractivity contribution in [1.29, 1.82) is 0 Å². The molecule has 84 valence electrons. The molecule has 0 fully saturated rings. The Hall–Kier alpha value is -0.760. The summed E-state index contributed by atoms with van der Waals surface area (Å²) in [4.78, 5) is 4.97. The van der Waals surface area contributed by atoms with Gasteiger partial charge in [-0.3, -0.25) is 4.90 Å². The van der Waals surface area contributed by atoms with Crippen LogP contribution in [0.2, 0.25) is 0 Å². The van der Waals surface area contributed by atoms with Gasteiger partial charge < -0.3 is 4.90 Å². The highest BCUT2D eigenvalue weighted by Gasteiger charge is 2.21. The van der Waals surface area contributed by atoms with Crippen molar-refractivity contribution >= 4 is 0 Å². The van der Waals surface area contributed by atoms with Crippen molar-refractivity contribution in [2.75, 3.05) is 26.2 Å². The van der Waals surface area contributed by atoms with Gasteiger partial charge in [-0.1, -0.05) is 6.92 Å². The van der Waals surface area contributed by atoms with Gasteiger partial charge in [0.15, 0.2) is 0 Å². The van der Waals surface area contributed by atoms with Gasteiger partial charge in [0.1, 0.15) is 0 Å². The smallest absolute Gasteiger partial charge is 0.0404 e. The zero-order valence-electron chi connectivity index (χ0n) is 10.2. The van der Waals surface area contributed by atoms with Crippen LogP contribution >= 0.6 is 0 Å². The van der Waals surface area contributed by atoms with E-state index in [1.54, 1.807) is 11.1 Å². The summed E-state index contributed by atoms with van der Waals surface area (Å²) < 4.78 is 0. The van der Waals surface area contributed by atoms with Gasteiger partial charge in [-0.2, -0.15) is 0 Å². The molecule has 15 heavy (non-hydrogen) atoms. The van der Waals surface area contributed by atoms with Gasteiger partial charge in [-0.25, -0.2) is 0 Å². The second-order valence-corrected chi connectivity index (χ2v) is 4.83. The molecule has 0 amide bonds. The fourth-order valence-electron chi connectivity index (χ4n) is 2.34. The van der Waals surface area contributed by atoms with Gasteiger partial charge in [0.2, 0.25) is 0 Å². The summed E-state index contributed by atoms with van der Waals surface area (Å²) in [6.45, 7) is 11.5. The first-order chi connectivity index (χ1) is 7.20. The molecule has 0 atom stereocenters. The lowest BCUT2D eigenvalue weighted by molar-refractivity contribution is 0.268. The van der Waals surface area contributed by atoms with Crippen molar-refractivity contribution in [2.24, 2.45) is 0 Å². The molecule has 2 rings (SSSR count). The Bertz CT molecular complexity index is 289. The standard InChI is InChI=1S/C13H22N2/c1-4-14-7-5-12-6-8-15(11(2)3)10-13(12)9-14/h6,8,11H,4-5,7,9-10H2,1-3H3. The maximum Gasteiger partial charge on any atom is 0.0404 e. The summed E-state index contributed by atoms with van der Waals surface area (Å²) in [5, 5.41) is 0. The highest BCUT2D eigenvalue weighted by Crippen LogP contribution is 2.24. The Labute approximate surface area is 93.2 Å². The molecule has 0 saturated heterocycles. The van der Waals surface area contributed by atoms with Crippen LogP contribution in [0.15, 0.2) is 23.4 Å². The van der Waals surface area contributed by atoms with E-state index >= 15 is 0 Å². The molecule has 0 saturated carbocycles. The Morgan fingerprint density at radius 1 is 1.33 bits per heavy atom. The van der Waals surface area contributed by atoms with Crippen molar-refractivity contribution in [3.8, 4) is 0 Å². The fraction of sp³-hybridized carbons (Fsp3) is 0.692. The molecule has 2 heterocycles. The van der Waals surface area contributed by atoms with E-state index in [2.05, 4.69) is 42.8 Å². The molecule has 0 bridgehead atoms. The second kappa shape index (κ2) is 4.40. The van der Waals surface area contributed by atoms with Crippen LogP contribution in [-0.2, 0) is 0 Å². The maximum absolute atomic E-state index is 2.54. The highest BCUT2D eigenvalue weighted by atomic mass is 15.2. The first kappa shape index (κ1) is 10.7. The van der Waals surface area contributed by atoms with E-state index in [-0.39, 0.29) is 0 Å². The van der Waals surface area contributed by atoms with Crippen LogP contribution in [0.1, 0.15) is 27.2 Å². The molecule has 0 aromatic heterocycles. The lowest BCUT2D eigenvalue weighted by Crippen LogP contribution is -2.38. The lowest BCUT2D eigenvalue weighted by Gasteiger charge is -2.36. The number of hydrogen-bond donors (Lipinski definition) is 0. The molecule has 0 spiro atoms. The number of likely N-dealkylation sites (N-methyl/N-ethyl adjacent to an activating group) is 1. The van der Waals surface area contributed by atoms with Gasteiger partial charge in [0, 0.05) is 25.7 Å². The third kappa shape index (κ3) is 2.25. The summed E-state index contributed by atoms with van der Waals surface area (Å²) in [6, 6.07) is 0.618. The van der Waals surface area contributed by atoms with Crippen molar-refractivity contribution in [3.63, 3.8) is 0 Å². The van der Waals surface area contributed by atoms with Gasteiger partial charge in [0.05, 0.1) is 0 Å². The lowest BCUT2D eigenvalue weighted by atomic mass is 9.96. The first-order valence-electron chi connectivity index (χ1n) is 6.08. The third-order valence-corrected chi connectivity index (χ3v) is 3.52.